The number of rotatable bonds is 5. The molecule has 1 fully saturated rings. The van der Waals surface area contributed by atoms with Crippen LogP contribution in [0.5, 0.6) is 0 Å². The van der Waals surface area contributed by atoms with Crippen LogP contribution >= 0.6 is 0 Å². The van der Waals surface area contributed by atoms with E-state index in [9.17, 15) is 5.11 Å². The Morgan fingerprint density at radius 1 is 1.40 bits per heavy atom. The predicted octanol–water partition coefficient (Wildman–Crippen LogP) is 0.0865. The lowest BCUT2D eigenvalue weighted by molar-refractivity contribution is -0.111. The summed E-state index contributed by atoms with van der Waals surface area (Å²) in [5.74, 6) is -0.0737. The Labute approximate surface area is 91.8 Å². The zero-order chi connectivity index (χ0) is 11.3. The first-order chi connectivity index (χ1) is 7.19. The molecule has 1 aliphatic rings. The van der Waals surface area contributed by atoms with E-state index in [4.69, 9.17) is 9.84 Å². The van der Waals surface area contributed by atoms with Crippen LogP contribution in [0.4, 0.5) is 0 Å². The molecule has 0 radical (unpaired) electrons. The lowest BCUT2D eigenvalue weighted by Crippen LogP contribution is -2.53. The second-order valence-electron chi connectivity index (χ2n) is 4.42. The standard InChI is InChI=1S/C11H23NO3/c1-3-4-5-15-10-7-12(2)6-9(8-13)11(10)14/h9-11,13-14H,3-8H2,1-2H3. The van der Waals surface area contributed by atoms with Crippen molar-refractivity contribution in [2.75, 3.05) is 33.4 Å². The van der Waals surface area contributed by atoms with Crippen molar-refractivity contribution in [1.82, 2.24) is 4.90 Å². The number of aliphatic hydroxyl groups excluding tert-OH is 2. The molecule has 1 rings (SSSR count). The molecule has 1 aliphatic heterocycles. The van der Waals surface area contributed by atoms with E-state index in [-0.39, 0.29) is 18.6 Å². The minimum Gasteiger partial charge on any atom is -0.396 e. The van der Waals surface area contributed by atoms with Crippen LogP contribution in [0.3, 0.4) is 0 Å². The third kappa shape index (κ3) is 3.72. The van der Waals surface area contributed by atoms with E-state index >= 15 is 0 Å². The van der Waals surface area contributed by atoms with E-state index < -0.39 is 6.10 Å². The van der Waals surface area contributed by atoms with Gasteiger partial charge >= 0.3 is 0 Å². The minimum absolute atomic E-state index is 0.0269. The quantitative estimate of drug-likeness (QED) is 0.641. The van der Waals surface area contributed by atoms with E-state index in [0.717, 1.165) is 25.9 Å². The summed E-state index contributed by atoms with van der Waals surface area (Å²) in [4.78, 5) is 2.10. The highest BCUT2D eigenvalue weighted by molar-refractivity contribution is 4.86. The highest BCUT2D eigenvalue weighted by Gasteiger charge is 2.34. The van der Waals surface area contributed by atoms with E-state index in [1.165, 1.54) is 0 Å². The van der Waals surface area contributed by atoms with Crippen LogP contribution < -0.4 is 0 Å². The molecule has 3 atom stereocenters. The summed E-state index contributed by atoms with van der Waals surface area (Å²) in [6, 6.07) is 0. The molecule has 3 unspecified atom stereocenters. The number of ether oxygens (including phenoxy) is 1. The Hall–Kier alpha value is -0.160. The van der Waals surface area contributed by atoms with Gasteiger partial charge < -0.3 is 19.8 Å². The van der Waals surface area contributed by atoms with Gasteiger partial charge in [-0.1, -0.05) is 13.3 Å². The average Bonchev–Trinajstić information content (AvgIpc) is 2.23. The lowest BCUT2D eigenvalue weighted by atomic mass is 9.93. The van der Waals surface area contributed by atoms with Crippen molar-refractivity contribution in [3.63, 3.8) is 0 Å². The van der Waals surface area contributed by atoms with Gasteiger partial charge in [-0.05, 0) is 13.5 Å². The molecule has 2 N–H and O–H groups in total. The molecule has 0 saturated carbocycles. The van der Waals surface area contributed by atoms with Crippen LogP contribution in [-0.4, -0.2) is 60.7 Å². The van der Waals surface area contributed by atoms with Crippen molar-refractivity contribution in [3.05, 3.63) is 0 Å². The largest absolute Gasteiger partial charge is 0.396 e. The fourth-order valence-electron chi connectivity index (χ4n) is 2.00. The zero-order valence-electron chi connectivity index (χ0n) is 9.72. The molecule has 1 saturated heterocycles. The highest BCUT2D eigenvalue weighted by Crippen LogP contribution is 2.18. The smallest absolute Gasteiger partial charge is 0.0964 e. The number of piperidine rings is 1. The molecular formula is C11H23NO3. The molecule has 0 aliphatic carbocycles. The van der Waals surface area contributed by atoms with E-state index in [1.54, 1.807) is 0 Å². The molecule has 0 aromatic rings. The summed E-state index contributed by atoms with van der Waals surface area (Å²) in [6.45, 7) is 4.33. The molecular weight excluding hydrogens is 194 g/mol. The van der Waals surface area contributed by atoms with Crippen molar-refractivity contribution in [3.8, 4) is 0 Å². The first kappa shape index (κ1) is 12.9. The van der Waals surface area contributed by atoms with Gasteiger partial charge in [0.2, 0.25) is 0 Å². The van der Waals surface area contributed by atoms with Gasteiger partial charge in [-0.15, -0.1) is 0 Å². The Morgan fingerprint density at radius 3 is 2.73 bits per heavy atom. The minimum atomic E-state index is -0.525. The zero-order valence-corrected chi connectivity index (χ0v) is 9.72. The first-order valence-electron chi connectivity index (χ1n) is 5.78. The predicted molar refractivity (Wildman–Crippen MR) is 58.7 cm³/mol. The third-order valence-corrected chi connectivity index (χ3v) is 2.97. The van der Waals surface area contributed by atoms with Crippen LogP contribution in [-0.2, 0) is 4.74 Å². The molecule has 90 valence electrons. The van der Waals surface area contributed by atoms with Crippen LogP contribution in [0.2, 0.25) is 0 Å². The van der Waals surface area contributed by atoms with Gasteiger partial charge in [0, 0.05) is 32.2 Å². The second kappa shape index (κ2) is 6.43. The van der Waals surface area contributed by atoms with E-state index in [2.05, 4.69) is 11.8 Å². The molecule has 1 heterocycles. The summed E-state index contributed by atoms with van der Waals surface area (Å²) in [6.07, 6.45) is 1.45. The van der Waals surface area contributed by atoms with Crippen molar-refractivity contribution < 1.29 is 14.9 Å². The molecule has 0 bridgehead atoms. The average molecular weight is 217 g/mol. The maximum atomic E-state index is 9.93. The van der Waals surface area contributed by atoms with Crippen LogP contribution in [0.25, 0.3) is 0 Å². The van der Waals surface area contributed by atoms with Gasteiger partial charge in [-0.2, -0.15) is 0 Å². The molecule has 0 aromatic carbocycles. The first-order valence-corrected chi connectivity index (χ1v) is 5.78. The van der Waals surface area contributed by atoms with Crippen LogP contribution in [0.15, 0.2) is 0 Å². The monoisotopic (exact) mass is 217 g/mol. The van der Waals surface area contributed by atoms with Crippen LogP contribution in [0, 0.1) is 5.92 Å². The van der Waals surface area contributed by atoms with Gasteiger partial charge in [-0.25, -0.2) is 0 Å². The summed E-state index contributed by atoms with van der Waals surface area (Å²) in [5, 5.41) is 19.1. The van der Waals surface area contributed by atoms with Crippen LogP contribution in [0.1, 0.15) is 19.8 Å². The summed E-state index contributed by atoms with van der Waals surface area (Å²) < 4.78 is 5.64. The molecule has 4 heteroatoms. The lowest BCUT2D eigenvalue weighted by Gasteiger charge is -2.38. The summed E-state index contributed by atoms with van der Waals surface area (Å²) in [5.41, 5.74) is 0. The number of unbranched alkanes of at least 4 members (excludes halogenated alkanes) is 1. The van der Waals surface area contributed by atoms with E-state index in [1.807, 2.05) is 7.05 Å². The molecule has 0 amide bonds. The topological polar surface area (TPSA) is 52.9 Å². The summed E-state index contributed by atoms with van der Waals surface area (Å²) in [7, 11) is 1.99. The maximum Gasteiger partial charge on any atom is 0.0964 e. The Morgan fingerprint density at radius 2 is 2.13 bits per heavy atom. The second-order valence-corrected chi connectivity index (χ2v) is 4.42. The normalized spacial score (nSPS) is 33.2. The van der Waals surface area contributed by atoms with Crippen molar-refractivity contribution in [2.45, 2.75) is 32.0 Å². The molecule has 15 heavy (non-hydrogen) atoms. The SMILES string of the molecule is CCCCOC1CN(C)CC(CO)C1O. The number of aliphatic hydroxyl groups is 2. The number of hydrogen-bond donors (Lipinski definition) is 2. The number of likely N-dealkylation sites (tertiary alicyclic amines) is 1. The number of hydrogen-bond acceptors (Lipinski definition) is 4. The van der Waals surface area contributed by atoms with Crippen molar-refractivity contribution >= 4 is 0 Å². The Kier molecular flexibility index (Phi) is 5.53. The van der Waals surface area contributed by atoms with Gasteiger partial charge in [0.15, 0.2) is 0 Å². The van der Waals surface area contributed by atoms with Gasteiger partial charge in [0.1, 0.15) is 0 Å². The van der Waals surface area contributed by atoms with Gasteiger partial charge in [0.25, 0.3) is 0 Å². The number of nitrogens with zero attached hydrogens (tertiary/aromatic N) is 1. The Balaban J connectivity index is 2.39. The van der Waals surface area contributed by atoms with E-state index in [0.29, 0.717) is 6.61 Å². The van der Waals surface area contributed by atoms with Crippen molar-refractivity contribution in [1.29, 1.82) is 0 Å². The third-order valence-electron chi connectivity index (χ3n) is 2.97. The summed E-state index contributed by atoms with van der Waals surface area (Å²) >= 11 is 0. The molecule has 4 nitrogen and oxygen atoms in total. The van der Waals surface area contributed by atoms with Gasteiger partial charge in [-0.3, -0.25) is 0 Å². The Bertz CT molecular complexity index is 177. The fourth-order valence-corrected chi connectivity index (χ4v) is 2.00. The number of likely N-dealkylation sites (N-methyl/N-ethyl adjacent to an activating group) is 1. The molecule has 0 spiro atoms. The van der Waals surface area contributed by atoms with Gasteiger partial charge in [0.05, 0.1) is 12.2 Å². The van der Waals surface area contributed by atoms with Crippen molar-refractivity contribution in [2.24, 2.45) is 5.92 Å². The maximum absolute atomic E-state index is 9.93. The molecule has 0 aromatic heterocycles. The highest BCUT2D eigenvalue weighted by atomic mass is 16.5. The fraction of sp³-hybridized carbons (Fsp3) is 1.00.